The van der Waals surface area contributed by atoms with Crippen LogP contribution in [0.2, 0.25) is 5.02 Å². The van der Waals surface area contributed by atoms with E-state index in [4.69, 9.17) is 17.3 Å². The normalized spacial score (nSPS) is 10.8. The second kappa shape index (κ2) is 4.31. The van der Waals surface area contributed by atoms with Gasteiger partial charge in [0.05, 0.1) is 5.02 Å². The molecule has 0 atom stereocenters. The van der Waals surface area contributed by atoms with Gasteiger partial charge in [0.15, 0.2) is 5.78 Å². The number of fused-ring (bicyclic) bond motifs is 1. The van der Waals surface area contributed by atoms with Crippen LogP contribution < -0.4 is 5.73 Å². The van der Waals surface area contributed by atoms with E-state index in [0.29, 0.717) is 23.6 Å². The minimum absolute atomic E-state index is 0.0119. The highest BCUT2D eigenvalue weighted by Gasteiger charge is 2.11. The first kappa shape index (κ1) is 10.6. The molecular weight excluding hydrogens is 230 g/mol. The summed E-state index contributed by atoms with van der Waals surface area (Å²) in [7, 11) is 0. The van der Waals surface area contributed by atoms with E-state index in [0.717, 1.165) is 10.1 Å². The molecule has 2 aromatic rings. The van der Waals surface area contributed by atoms with Gasteiger partial charge in [-0.25, -0.2) is 0 Å². The molecule has 0 bridgehead atoms. The highest BCUT2D eigenvalue weighted by Crippen LogP contribution is 2.28. The van der Waals surface area contributed by atoms with Gasteiger partial charge in [-0.15, -0.1) is 11.3 Å². The number of rotatable bonds is 3. The van der Waals surface area contributed by atoms with Gasteiger partial charge >= 0.3 is 0 Å². The molecule has 15 heavy (non-hydrogen) atoms. The lowest BCUT2D eigenvalue weighted by Crippen LogP contribution is -2.08. The predicted octanol–water partition coefficient (Wildman–Crippen LogP) is 3.09. The Morgan fingerprint density at radius 1 is 1.47 bits per heavy atom. The van der Waals surface area contributed by atoms with E-state index in [1.807, 2.05) is 23.6 Å². The first-order chi connectivity index (χ1) is 7.22. The molecule has 0 spiro atoms. The van der Waals surface area contributed by atoms with Gasteiger partial charge in [-0.05, 0) is 35.5 Å². The molecule has 2 rings (SSSR count). The maximum Gasteiger partial charge on any atom is 0.165 e. The first-order valence-electron chi connectivity index (χ1n) is 4.62. The van der Waals surface area contributed by atoms with Crippen LogP contribution in [0.1, 0.15) is 16.8 Å². The SMILES string of the molecule is NCCC(=O)c1cc2sccc2cc1Cl. The Hall–Kier alpha value is -0.900. The van der Waals surface area contributed by atoms with E-state index in [9.17, 15) is 4.79 Å². The first-order valence-corrected chi connectivity index (χ1v) is 5.88. The molecule has 1 aromatic carbocycles. The Morgan fingerprint density at radius 3 is 3.00 bits per heavy atom. The van der Waals surface area contributed by atoms with Crippen molar-refractivity contribution in [3.8, 4) is 0 Å². The number of hydrogen-bond donors (Lipinski definition) is 1. The molecule has 0 aliphatic carbocycles. The maximum absolute atomic E-state index is 11.7. The lowest BCUT2D eigenvalue weighted by molar-refractivity contribution is 0.0986. The second-order valence-corrected chi connectivity index (χ2v) is 4.61. The number of Topliss-reactive ketones (excluding diaryl/α,β-unsaturated/α-hetero) is 1. The number of carbonyl (C=O) groups excluding carboxylic acids is 1. The van der Waals surface area contributed by atoms with Crippen LogP contribution in [-0.4, -0.2) is 12.3 Å². The van der Waals surface area contributed by atoms with Crippen LogP contribution in [0.5, 0.6) is 0 Å². The maximum atomic E-state index is 11.7. The van der Waals surface area contributed by atoms with Crippen molar-refractivity contribution in [1.82, 2.24) is 0 Å². The number of nitrogens with two attached hydrogens (primary N) is 1. The summed E-state index contributed by atoms with van der Waals surface area (Å²) in [5.41, 5.74) is 5.93. The predicted molar refractivity (Wildman–Crippen MR) is 64.8 cm³/mol. The van der Waals surface area contributed by atoms with Crippen LogP contribution in [0.3, 0.4) is 0 Å². The van der Waals surface area contributed by atoms with Crippen LogP contribution in [0, 0.1) is 0 Å². The molecule has 1 heterocycles. The van der Waals surface area contributed by atoms with E-state index in [-0.39, 0.29) is 5.78 Å². The third kappa shape index (κ3) is 2.04. The summed E-state index contributed by atoms with van der Waals surface area (Å²) in [6, 6.07) is 5.67. The number of hydrogen-bond acceptors (Lipinski definition) is 3. The Bertz CT molecular complexity index is 506. The third-order valence-corrected chi connectivity index (χ3v) is 3.41. The smallest absolute Gasteiger partial charge is 0.165 e. The standard InChI is InChI=1S/C11H10ClNOS/c12-9-5-7-2-4-15-11(7)6-8(9)10(14)1-3-13/h2,4-6H,1,3,13H2. The molecule has 0 saturated carbocycles. The number of ketones is 1. The zero-order valence-corrected chi connectivity index (χ0v) is 9.57. The van der Waals surface area contributed by atoms with Crippen molar-refractivity contribution in [2.45, 2.75) is 6.42 Å². The van der Waals surface area contributed by atoms with Crippen molar-refractivity contribution < 1.29 is 4.79 Å². The Balaban J connectivity index is 2.50. The van der Waals surface area contributed by atoms with Crippen LogP contribution >= 0.6 is 22.9 Å². The van der Waals surface area contributed by atoms with E-state index < -0.39 is 0 Å². The molecule has 2 N–H and O–H groups in total. The summed E-state index contributed by atoms with van der Waals surface area (Å²) in [5, 5.41) is 3.58. The van der Waals surface area contributed by atoms with E-state index in [2.05, 4.69) is 0 Å². The molecule has 1 aromatic heterocycles. The monoisotopic (exact) mass is 239 g/mol. The largest absolute Gasteiger partial charge is 0.330 e. The molecule has 0 fully saturated rings. The number of carbonyl (C=O) groups is 1. The molecular formula is C11H10ClNOS. The van der Waals surface area contributed by atoms with E-state index in [1.165, 1.54) is 0 Å². The average molecular weight is 240 g/mol. The highest BCUT2D eigenvalue weighted by atomic mass is 35.5. The fraction of sp³-hybridized carbons (Fsp3) is 0.182. The second-order valence-electron chi connectivity index (χ2n) is 3.25. The van der Waals surface area contributed by atoms with Crippen molar-refractivity contribution in [2.75, 3.05) is 6.54 Å². The van der Waals surface area contributed by atoms with Gasteiger partial charge in [0.25, 0.3) is 0 Å². The number of halogens is 1. The van der Waals surface area contributed by atoms with Gasteiger partial charge in [-0.1, -0.05) is 11.6 Å². The Kier molecular flexibility index (Phi) is 3.05. The van der Waals surface area contributed by atoms with Gasteiger partial charge in [-0.2, -0.15) is 0 Å². The lowest BCUT2D eigenvalue weighted by Gasteiger charge is -2.02. The van der Waals surface area contributed by atoms with Gasteiger partial charge in [-0.3, -0.25) is 4.79 Å². The fourth-order valence-corrected chi connectivity index (χ4v) is 2.55. The number of thiophene rings is 1. The third-order valence-electron chi connectivity index (χ3n) is 2.21. The fourth-order valence-electron chi connectivity index (χ4n) is 1.46. The summed E-state index contributed by atoms with van der Waals surface area (Å²) in [6.07, 6.45) is 0.344. The van der Waals surface area contributed by atoms with Crippen LogP contribution in [0.15, 0.2) is 23.6 Å². The molecule has 0 aliphatic rings. The summed E-state index contributed by atoms with van der Waals surface area (Å²) in [6.45, 7) is 0.359. The molecule has 0 radical (unpaired) electrons. The Morgan fingerprint density at radius 2 is 2.27 bits per heavy atom. The minimum atomic E-state index is 0.0119. The highest BCUT2D eigenvalue weighted by molar-refractivity contribution is 7.17. The summed E-state index contributed by atoms with van der Waals surface area (Å²) in [4.78, 5) is 11.7. The topological polar surface area (TPSA) is 43.1 Å². The average Bonchev–Trinajstić information content (AvgIpc) is 2.63. The summed E-state index contributed by atoms with van der Waals surface area (Å²) in [5.74, 6) is 0.0119. The molecule has 78 valence electrons. The van der Waals surface area contributed by atoms with Crippen LogP contribution in [0.25, 0.3) is 10.1 Å². The van der Waals surface area contributed by atoms with Crippen molar-refractivity contribution in [3.63, 3.8) is 0 Å². The molecule has 0 unspecified atom stereocenters. The van der Waals surface area contributed by atoms with Gasteiger partial charge < -0.3 is 5.73 Å². The summed E-state index contributed by atoms with van der Waals surface area (Å²) >= 11 is 7.64. The van der Waals surface area contributed by atoms with E-state index >= 15 is 0 Å². The minimum Gasteiger partial charge on any atom is -0.330 e. The number of benzene rings is 1. The van der Waals surface area contributed by atoms with Crippen LogP contribution in [0.4, 0.5) is 0 Å². The van der Waals surface area contributed by atoms with E-state index in [1.54, 1.807) is 11.3 Å². The molecule has 0 aliphatic heterocycles. The van der Waals surface area contributed by atoms with Gasteiger partial charge in [0, 0.05) is 16.7 Å². The molecule has 4 heteroatoms. The molecule has 0 saturated heterocycles. The van der Waals surface area contributed by atoms with Gasteiger partial charge in [0.2, 0.25) is 0 Å². The molecule has 0 amide bonds. The van der Waals surface area contributed by atoms with Crippen molar-refractivity contribution in [2.24, 2.45) is 5.73 Å². The lowest BCUT2D eigenvalue weighted by atomic mass is 10.1. The molecule has 2 nitrogen and oxygen atoms in total. The van der Waals surface area contributed by atoms with Crippen LogP contribution in [-0.2, 0) is 0 Å². The zero-order valence-electron chi connectivity index (χ0n) is 8.00. The quantitative estimate of drug-likeness (QED) is 0.837. The Labute approximate surface area is 96.7 Å². The zero-order chi connectivity index (χ0) is 10.8. The van der Waals surface area contributed by atoms with Crippen molar-refractivity contribution in [1.29, 1.82) is 0 Å². The van der Waals surface area contributed by atoms with Crippen molar-refractivity contribution in [3.05, 3.63) is 34.2 Å². The van der Waals surface area contributed by atoms with Gasteiger partial charge in [0.1, 0.15) is 0 Å². The summed E-state index contributed by atoms with van der Waals surface area (Å²) < 4.78 is 1.08. The van der Waals surface area contributed by atoms with Crippen molar-refractivity contribution >= 4 is 38.8 Å².